The molecule has 0 bridgehead atoms. The zero-order valence-electron chi connectivity index (χ0n) is 19.0. The fourth-order valence-electron chi connectivity index (χ4n) is 4.04. The Balaban J connectivity index is 1.90. The lowest BCUT2D eigenvalue weighted by atomic mass is 9.94. The topological polar surface area (TPSA) is 83.0 Å². The lowest BCUT2D eigenvalue weighted by Crippen LogP contribution is -2.29. The minimum absolute atomic E-state index is 0.0212. The molecule has 1 unspecified atom stereocenters. The van der Waals surface area contributed by atoms with Crippen molar-refractivity contribution in [1.82, 2.24) is 9.88 Å². The van der Waals surface area contributed by atoms with Gasteiger partial charge in [0.2, 0.25) is 0 Å². The number of hydrogen-bond donors (Lipinski definition) is 1. The molecular weight excluding hydrogens is 454 g/mol. The molecule has 2 aromatic carbocycles. The lowest BCUT2D eigenvalue weighted by molar-refractivity contribution is -0.140. The smallest absolute Gasteiger partial charge is 0.295 e. The summed E-state index contributed by atoms with van der Waals surface area (Å²) < 4.78 is 5.37. The predicted molar refractivity (Wildman–Crippen MR) is 131 cm³/mol. The summed E-state index contributed by atoms with van der Waals surface area (Å²) in [6, 6.07) is 15.0. The summed E-state index contributed by atoms with van der Waals surface area (Å²) in [6.45, 7) is 0.155. The van der Waals surface area contributed by atoms with Crippen molar-refractivity contribution in [3.63, 3.8) is 0 Å². The van der Waals surface area contributed by atoms with Gasteiger partial charge in [-0.1, -0.05) is 29.8 Å². The SMILES string of the molecule is COc1ccc(Cl)cc1/C(O)=C1\C(=O)C(=O)N(Cc2cccnc2)C1c1ccc(N(C)C)cc1. The number of aliphatic hydroxyl groups is 1. The van der Waals surface area contributed by atoms with Crippen LogP contribution in [0.4, 0.5) is 5.69 Å². The van der Waals surface area contributed by atoms with Gasteiger partial charge >= 0.3 is 0 Å². The number of carbonyl (C=O) groups is 2. The largest absolute Gasteiger partial charge is 0.507 e. The first-order chi connectivity index (χ1) is 16.3. The van der Waals surface area contributed by atoms with E-state index in [1.54, 1.807) is 30.6 Å². The predicted octanol–water partition coefficient (Wildman–Crippen LogP) is 4.43. The average Bonchev–Trinajstić information content (AvgIpc) is 3.09. The molecule has 7 nitrogen and oxygen atoms in total. The number of anilines is 1. The summed E-state index contributed by atoms with van der Waals surface area (Å²) in [6.07, 6.45) is 3.28. The van der Waals surface area contributed by atoms with E-state index < -0.39 is 17.7 Å². The van der Waals surface area contributed by atoms with Crippen molar-refractivity contribution in [2.45, 2.75) is 12.6 Å². The fraction of sp³-hybridized carbons (Fsp3) is 0.192. The van der Waals surface area contributed by atoms with Crippen LogP contribution in [-0.2, 0) is 16.1 Å². The number of ketones is 1. The van der Waals surface area contributed by atoms with E-state index in [0.29, 0.717) is 16.3 Å². The van der Waals surface area contributed by atoms with Crippen molar-refractivity contribution in [2.24, 2.45) is 0 Å². The third kappa shape index (κ3) is 4.34. The van der Waals surface area contributed by atoms with Gasteiger partial charge in [0.05, 0.1) is 24.3 Å². The van der Waals surface area contributed by atoms with E-state index >= 15 is 0 Å². The lowest BCUT2D eigenvalue weighted by Gasteiger charge is -2.26. The summed E-state index contributed by atoms with van der Waals surface area (Å²) in [5.41, 5.74) is 2.64. The monoisotopic (exact) mass is 477 g/mol. The zero-order valence-corrected chi connectivity index (χ0v) is 19.8. The molecule has 34 heavy (non-hydrogen) atoms. The summed E-state index contributed by atoms with van der Waals surface area (Å²) in [5, 5.41) is 11.7. The Morgan fingerprint density at radius 2 is 1.88 bits per heavy atom. The number of pyridine rings is 1. The molecule has 0 spiro atoms. The van der Waals surface area contributed by atoms with Crippen molar-refractivity contribution < 1.29 is 19.4 Å². The Labute approximate surface area is 202 Å². The minimum atomic E-state index is -0.805. The van der Waals surface area contributed by atoms with Gasteiger partial charge in [0.25, 0.3) is 11.7 Å². The number of likely N-dealkylation sites (tertiary alicyclic amines) is 1. The first kappa shape index (κ1) is 23.3. The standard InChI is InChI=1S/C26H24ClN3O4/c1-29(2)19-9-6-17(7-10-19)23-22(24(31)20-13-18(27)8-11-21(20)34-3)25(32)26(33)30(23)15-16-5-4-12-28-14-16/h4-14,23,31H,15H2,1-3H3/b24-22+. The van der Waals surface area contributed by atoms with E-state index in [1.807, 2.05) is 49.3 Å². The number of nitrogens with zero attached hydrogens (tertiary/aromatic N) is 3. The maximum atomic E-state index is 13.3. The first-order valence-electron chi connectivity index (χ1n) is 10.6. The molecule has 3 aromatic rings. The first-order valence-corrected chi connectivity index (χ1v) is 11.0. The molecule has 4 rings (SSSR count). The van der Waals surface area contributed by atoms with Crippen LogP contribution in [0.3, 0.4) is 0 Å². The van der Waals surface area contributed by atoms with Crippen molar-refractivity contribution in [2.75, 3.05) is 26.1 Å². The Morgan fingerprint density at radius 3 is 2.50 bits per heavy atom. The second kappa shape index (κ2) is 9.57. The highest BCUT2D eigenvalue weighted by Gasteiger charge is 2.46. The summed E-state index contributed by atoms with van der Waals surface area (Å²) in [4.78, 5) is 34.0. The van der Waals surface area contributed by atoms with Gasteiger partial charge in [0.15, 0.2) is 0 Å². The van der Waals surface area contributed by atoms with Crippen LogP contribution < -0.4 is 9.64 Å². The van der Waals surface area contributed by atoms with Gasteiger partial charge in [-0.15, -0.1) is 0 Å². The Hall–Kier alpha value is -3.84. The van der Waals surface area contributed by atoms with E-state index in [1.165, 1.54) is 18.1 Å². The number of methoxy groups -OCH3 is 1. The van der Waals surface area contributed by atoms with Crippen LogP contribution in [0, 0.1) is 0 Å². The second-order valence-electron chi connectivity index (χ2n) is 8.12. The van der Waals surface area contributed by atoms with E-state index in [-0.39, 0.29) is 23.4 Å². The molecular formula is C26H24ClN3O4. The third-order valence-corrected chi connectivity index (χ3v) is 5.99. The van der Waals surface area contributed by atoms with Gasteiger partial charge in [-0.05, 0) is 47.5 Å². The normalized spacial score (nSPS) is 17.2. The molecule has 2 heterocycles. The molecule has 0 radical (unpaired) electrons. The number of carbonyl (C=O) groups excluding carboxylic acids is 2. The number of halogens is 1. The molecule has 1 aromatic heterocycles. The molecule has 0 aliphatic carbocycles. The Morgan fingerprint density at radius 1 is 1.15 bits per heavy atom. The van der Waals surface area contributed by atoms with Gasteiger partial charge in [-0.25, -0.2) is 0 Å². The zero-order chi connectivity index (χ0) is 24.4. The summed E-state index contributed by atoms with van der Waals surface area (Å²) >= 11 is 6.16. The van der Waals surface area contributed by atoms with Gasteiger partial charge < -0.3 is 19.6 Å². The van der Waals surface area contributed by atoms with Crippen molar-refractivity contribution >= 4 is 34.7 Å². The van der Waals surface area contributed by atoms with E-state index in [9.17, 15) is 14.7 Å². The van der Waals surface area contributed by atoms with Crippen LogP contribution in [0.25, 0.3) is 5.76 Å². The fourth-order valence-corrected chi connectivity index (χ4v) is 4.22. The van der Waals surface area contributed by atoms with E-state index in [0.717, 1.165) is 11.3 Å². The quantitative estimate of drug-likeness (QED) is 0.321. The molecule has 1 amide bonds. The maximum absolute atomic E-state index is 13.3. The molecule has 1 fully saturated rings. The molecule has 1 atom stereocenters. The van der Waals surface area contributed by atoms with Crippen LogP contribution in [-0.4, -0.2) is 47.9 Å². The molecule has 1 saturated heterocycles. The van der Waals surface area contributed by atoms with Crippen LogP contribution in [0.5, 0.6) is 5.75 Å². The number of rotatable bonds is 6. The van der Waals surface area contributed by atoms with Crippen molar-refractivity contribution in [1.29, 1.82) is 0 Å². The number of aliphatic hydroxyl groups excluding tert-OH is 1. The average molecular weight is 478 g/mol. The van der Waals surface area contributed by atoms with Crippen LogP contribution >= 0.6 is 11.6 Å². The third-order valence-electron chi connectivity index (χ3n) is 5.76. The van der Waals surface area contributed by atoms with E-state index in [4.69, 9.17) is 16.3 Å². The van der Waals surface area contributed by atoms with Crippen molar-refractivity contribution in [3.8, 4) is 5.75 Å². The number of aromatic nitrogens is 1. The maximum Gasteiger partial charge on any atom is 0.295 e. The minimum Gasteiger partial charge on any atom is -0.507 e. The number of benzene rings is 2. The highest BCUT2D eigenvalue weighted by molar-refractivity contribution is 6.46. The molecule has 1 aliphatic rings. The number of ether oxygens (including phenoxy) is 1. The molecule has 8 heteroatoms. The molecule has 1 aliphatic heterocycles. The second-order valence-corrected chi connectivity index (χ2v) is 8.56. The van der Waals surface area contributed by atoms with Crippen LogP contribution in [0.2, 0.25) is 5.02 Å². The van der Waals surface area contributed by atoms with Gasteiger partial charge in [-0.2, -0.15) is 0 Å². The Kier molecular flexibility index (Phi) is 6.56. The van der Waals surface area contributed by atoms with Crippen LogP contribution in [0.15, 0.2) is 72.6 Å². The van der Waals surface area contributed by atoms with E-state index in [2.05, 4.69) is 4.98 Å². The molecule has 174 valence electrons. The highest BCUT2D eigenvalue weighted by atomic mass is 35.5. The van der Waals surface area contributed by atoms with Gasteiger partial charge in [0, 0.05) is 43.7 Å². The Bertz CT molecular complexity index is 1260. The van der Waals surface area contributed by atoms with Crippen LogP contribution in [0.1, 0.15) is 22.7 Å². The summed E-state index contributed by atoms with van der Waals surface area (Å²) in [7, 11) is 5.31. The molecule has 1 N–H and O–H groups in total. The summed E-state index contributed by atoms with van der Waals surface area (Å²) in [5.74, 6) is -1.48. The molecule has 0 saturated carbocycles. The van der Waals surface area contributed by atoms with Gasteiger partial charge in [0.1, 0.15) is 11.5 Å². The highest BCUT2D eigenvalue weighted by Crippen LogP contribution is 2.42. The van der Waals surface area contributed by atoms with Gasteiger partial charge in [-0.3, -0.25) is 14.6 Å². The van der Waals surface area contributed by atoms with Crippen molar-refractivity contribution in [3.05, 3.63) is 94.3 Å². The number of amides is 1. The number of Topliss-reactive ketones (excluding diaryl/α,β-unsaturated/α-hetero) is 1. The number of hydrogen-bond acceptors (Lipinski definition) is 6.